The molecule has 1 aliphatic carbocycles. The average molecular weight is 364 g/mol. The van der Waals surface area contributed by atoms with Crippen LogP contribution in [-0.2, 0) is 4.79 Å². The van der Waals surface area contributed by atoms with E-state index in [1.807, 2.05) is 11.2 Å². The molecule has 2 aliphatic rings. The minimum absolute atomic E-state index is 0.258. The van der Waals surface area contributed by atoms with Crippen molar-refractivity contribution < 1.29 is 4.79 Å². The molecule has 1 aliphatic heterocycles. The maximum atomic E-state index is 12.6. The number of aromatic nitrogens is 3. The van der Waals surface area contributed by atoms with Crippen LogP contribution in [0.1, 0.15) is 32.1 Å². The monoisotopic (exact) mass is 363 g/mol. The summed E-state index contributed by atoms with van der Waals surface area (Å²) < 4.78 is 2.00. The van der Waals surface area contributed by atoms with Gasteiger partial charge in [-0.05, 0) is 25.5 Å². The molecule has 0 spiro atoms. The summed E-state index contributed by atoms with van der Waals surface area (Å²) in [4.78, 5) is 27.7. The zero-order chi connectivity index (χ0) is 16.5. The van der Waals surface area contributed by atoms with Crippen LogP contribution in [0, 0.1) is 5.92 Å². The number of fused-ring (bicyclic) bond motifs is 1. The van der Waals surface area contributed by atoms with Crippen LogP contribution in [0.2, 0.25) is 0 Å². The summed E-state index contributed by atoms with van der Waals surface area (Å²) in [5, 5.41) is 3.51. The van der Waals surface area contributed by atoms with E-state index in [0.29, 0.717) is 5.91 Å². The average Bonchev–Trinajstić information content (AvgIpc) is 3.34. The van der Waals surface area contributed by atoms with Crippen molar-refractivity contribution in [3.63, 3.8) is 0 Å². The second-order valence-electron chi connectivity index (χ2n) is 6.45. The molecular formula is C16H21N5OS2. The maximum Gasteiger partial charge on any atom is 0.225 e. The van der Waals surface area contributed by atoms with Gasteiger partial charge in [0, 0.05) is 25.0 Å². The molecule has 1 saturated carbocycles. The van der Waals surface area contributed by atoms with Crippen LogP contribution in [0.5, 0.6) is 0 Å². The molecule has 2 aromatic heterocycles. The fraction of sp³-hybridized carbons (Fsp3) is 0.625. The summed E-state index contributed by atoms with van der Waals surface area (Å²) in [6.07, 6.45) is 9.09. The molecule has 24 heavy (non-hydrogen) atoms. The van der Waals surface area contributed by atoms with Gasteiger partial charge < -0.3 is 10.2 Å². The highest BCUT2D eigenvalue weighted by molar-refractivity contribution is 8.00. The van der Waals surface area contributed by atoms with Crippen LogP contribution in [-0.4, -0.2) is 51.1 Å². The lowest BCUT2D eigenvalue weighted by molar-refractivity contribution is -0.134. The molecule has 1 atom stereocenters. The van der Waals surface area contributed by atoms with Crippen molar-refractivity contribution in [2.75, 3.05) is 24.7 Å². The number of hydrogen-bond donors (Lipinski definition) is 1. The second-order valence-corrected chi connectivity index (χ2v) is 8.51. The number of amides is 1. The SMILES string of the molecule is CSc1nc2ncnc(NC3CCN(C(=O)C4CCCC4)C3)c2s1. The van der Waals surface area contributed by atoms with Crippen molar-refractivity contribution in [1.82, 2.24) is 19.9 Å². The summed E-state index contributed by atoms with van der Waals surface area (Å²) in [6, 6.07) is 0.258. The predicted octanol–water partition coefficient (Wildman–Crippen LogP) is 3.01. The molecule has 0 radical (unpaired) electrons. The van der Waals surface area contributed by atoms with Crippen molar-refractivity contribution in [3.8, 4) is 0 Å². The van der Waals surface area contributed by atoms with Gasteiger partial charge in [0.1, 0.15) is 16.8 Å². The fourth-order valence-corrected chi connectivity index (χ4v) is 5.09. The van der Waals surface area contributed by atoms with Crippen LogP contribution in [0.15, 0.2) is 10.7 Å². The standard InChI is InChI=1S/C16H21N5OS2/c1-23-16-20-14-12(24-16)13(17-9-18-14)19-11-6-7-21(8-11)15(22)10-4-2-3-5-10/h9-11H,2-8H2,1H3,(H,17,18,19). The van der Waals surface area contributed by atoms with Gasteiger partial charge in [-0.15, -0.1) is 11.3 Å². The second kappa shape index (κ2) is 6.84. The number of nitrogens with one attached hydrogen (secondary N) is 1. The van der Waals surface area contributed by atoms with Gasteiger partial charge in [0.15, 0.2) is 9.99 Å². The fourth-order valence-electron chi connectivity index (χ4n) is 3.63. The molecule has 0 aromatic carbocycles. The number of nitrogens with zero attached hydrogens (tertiary/aromatic N) is 4. The van der Waals surface area contributed by atoms with Gasteiger partial charge in [0.2, 0.25) is 5.91 Å². The summed E-state index contributed by atoms with van der Waals surface area (Å²) in [7, 11) is 0. The van der Waals surface area contributed by atoms with Crippen molar-refractivity contribution in [2.45, 2.75) is 42.5 Å². The van der Waals surface area contributed by atoms with Gasteiger partial charge in [-0.25, -0.2) is 15.0 Å². The molecule has 1 N–H and O–H groups in total. The first-order valence-corrected chi connectivity index (χ1v) is 10.5. The Morgan fingerprint density at radius 1 is 1.33 bits per heavy atom. The first-order chi connectivity index (χ1) is 11.7. The van der Waals surface area contributed by atoms with Crippen LogP contribution < -0.4 is 5.32 Å². The third kappa shape index (κ3) is 3.09. The number of thiazole rings is 1. The number of carbonyl (C=O) groups is 1. The molecule has 1 saturated heterocycles. The van der Waals surface area contributed by atoms with Gasteiger partial charge >= 0.3 is 0 Å². The summed E-state index contributed by atoms with van der Waals surface area (Å²) in [5.41, 5.74) is 0.749. The third-order valence-electron chi connectivity index (χ3n) is 4.89. The van der Waals surface area contributed by atoms with Gasteiger partial charge in [-0.3, -0.25) is 4.79 Å². The Labute approximate surface area is 149 Å². The van der Waals surface area contributed by atoms with E-state index in [0.717, 1.165) is 52.9 Å². The molecule has 1 amide bonds. The van der Waals surface area contributed by atoms with Crippen LogP contribution in [0.25, 0.3) is 10.3 Å². The lowest BCUT2D eigenvalue weighted by atomic mass is 10.1. The van der Waals surface area contributed by atoms with E-state index in [1.165, 1.54) is 12.8 Å². The Hall–Kier alpha value is -1.41. The van der Waals surface area contributed by atoms with E-state index >= 15 is 0 Å². The third-order valence-corrected chi connectivity index (χ3v) is 6.93. The lowest BCUT2D eigenvalue weighted by Crippen LogP contribution is -2.35. The van der Waals surface area contributed by atoms with E-state index < -0.39 is 0 Å². The molecule has 4 rings (SSSR count). The van der Waals surface area contributed by atoms with E-state index in [2.05, 4.69) is 20.3 Å². The number of rotatable bonds is 4. The summed E-state index contributed by atoms with van der Waals surface area (Å²) in [6.45, 7) is 1.62. The smallest absolute Gasteiger partial charge is 0.225 e. The van der Waals surface area contributed by atoms with Crippen molar-refractivity contribution in [1.29, 1.82) is 0 Å². The molecule has 2 fully saturated rings. The molecule has 6 nitrogen and oxygen atoms in total. The van der Waals surface area contributed by atoms with E-state index in [9.17, 15) is 4.79 Å². The summed E-state index contributed by atoms with van der Waals surface area (Å²) in [5.74, 6) is 1.46. The highest BCUT2D eigenvalue weighted by Gasteiger charge is 2.32. The van der Waals surface area contributed by atoms with Crippen LogP contribution >= 0.6 is 23.1 Å². The maximum absolute atomic E-state index is 12.6. The molecule has 128 valence electrons. The topological polar surface area (TPSA) is 71.0 Å². The van der Waals surface area contributed by atoms with E-state index in [4.69, 9.17) is 0 Å². The Kier molecular flexibility index (Phi) is 4.58. The number of carbonyl (C=O) groups excluding carboxylic acids is 1. The Bertz CT molecular complexity index is 743. The van der Waals surface area contributed by atoms with Gasteiger partial charge in [-0.2, -0.15) is 0 Å². The quantitative estimate of drug-likeness (QED) is 0.842. The van der Waals surface area contributed by atoms with E-state index in [1.54, 1.807) is 29.4 Å². The molecular weight excluding hydrogens is 342 g/mol. The van der Waals surface area contributed by atoms with Gasteiger partial charge in [0.25, 0.3) is 0 Å². The lowest BCUT2D eigenvalue weighted by Gasteiger charge is -2.20. The largest absolute Gasteiger partial charge is 0.364 e. The van der Waals surface area contributed by atoms with Crippen LogP contribution in [0.3, 0.4) is 0 Å². The summed E-state index contributed by atoms with van der Waals surface area (Å²) >= 11 is 3.24. The molecule has 3 heterocycles. The minimum Gasteiger partial charge on any atom is -0.364 e. The highest BCUT2D eigenvalue weighted by atomic mass is 32.2. The number of thioether (sulfide) groups is 1. The normalized spacial score (nSPS) is 21.7. The highest BCUT2D eigenvalue weighted by Crippen LogP contribution is 2.32. The molecule has 2 aromatic rings. The van der Waals surface area contributed by atoms with Gasteiger partial charge in [0.05, 0.1) is 0 Å². The number of anilines is 1. The molecule has 0 bridgehead atoms. The molecule has 8 heteroatoms. The van der Waals surface area contributed by atoms with Crippen LogP contribution in [0.4, 0.5) is 5.82 Å². The Balaban J connectivity index is 1.45. The molecule has 1 unspecified atom stereocenters. The zero-order valence-corrected chi connectivity index (χ0v) is 15.3. The Morgan fingerprint density at radius 2 is 2.17 bits per heavy atom. The van der Waals surface area contributed by atoms with Crippen molar-refractivity contribution in [3.05, 3.63) is 6.33 Å². The van der Waals surface area contributed by atoms with Crippen molar-refractivity contribution in [2.24, 2.45) is 5.92 Å². The van der Waals surface area contributed by atoms with E-state index in [-0.39, 0.29) is 12.0 Å². The Morgan fingerprint density at radius 3 is 2.96 bits per heavy atom. The minimum atomic E-state index is 0.258. The first-order valence-electron chi connectivity index (χ1n) is 8.45. The van der Waals surface area contributed by atoms with Crippen molar-refractivity contribution >= 4 is 45.2 Å². The van der Waals surface area contributed by atoms with Gasteiger partial charge in [-0.1, -0.05) is 24.6 Å². The predicted molar refractivity (Wildman–Crippen MR) is 97.6 cm³/mol. The number of likely N-dealkylation sites (tertiary alicyclic amines) is 1. The zero-order valence-electron chi connectivity index (χ0n) is 13.7. The first kappa shape index (κ1) is 16.1. The number of hydrogen-bond acceptors (Lipinski definition) is 7.